The molecule has 0 saturated heterocycles. The van der Waals surface area contributed by atoms with Gasteiger partial charge in [-0.1, -0.05) is 6.92 Å². The molecule has 0 fully saturated rings. The fraction of sp³-hybridized carbons (Fsp3) is 0.357. The van der Waals surface area contributed by atoms with Crippen LogP contribution in [-0.4, -0.2) is 31.4 Å². The minimum absolute atomic E-state index is 0.576. The van der Waals surface area contributed by atoms with Crippen molar-refractivity contribution >= 4 is 23.4 Å². The van der Waals surface area contributed by atoms with Crippen molar-refractivity contribution in [3.63, 3.8) is 0 Å². The lowest BCUT2D eigenvalue weighted by Gasteiger charge is -2.04. The van der Waals surface area contributed by atoms with Crippen molar-refractivity contribution in [3.05, 3.63) is 34.4 Å². The van der Waals surface area contributed by atoms with E-state index in [1.807, 2.05) is 34.6 Å². The van der Waals surface area contributed by atoms with Crippen LogP contribution in [0.4, 0.5) is 0 Å². The largest absolute Gasteiger partial charge is 0.481 e. The first-order valence-electron chi connectivity index (χ1n) is 6.77. The highest BCUT2D eigenvalue weighted by Gasteiger charge is 2.12. The molecule has 0 saturated carbocycles. The Morgan fingerprint density at radius 2 is 2.19 bits per heavy atom. The lowest BCUT2D eigenvalue weighted by Crippen LogP contribution is -2.03. The molecule has 6 nitrogen and oxygen atoms in total. The second-order valence-corrected chi connectivity index (χ2v) is 5.26. The van der Waals surface area contributed by atoms with Gasteiger partial charge in [-0.05, 0) is 24.7 Å². The van der Waals surface area contributed by atoms with Crippen LogP contribution in [0.15, 0.2) is 18.3 Å². The maximum absolute atomic E-state index is 5.42. The van der Waals surface area contributed by atoms with Gasteiger partial charge in [-0.2, -0.15) is 10.1 Å². The zero-order valence-electron chi connectivity index (χ0n) is 12.3. The van der Waals surface area contributed by atoms with Crippen molar-refractivity contribution < 1.29 is 4.74 Å². The average Bonchev–Trinajstić information content (AvgIpc) is 2.99. The molecule has 0 atom stereocenters. The van der Waals surface area contributed by atoms with Gasteiger partial charge in [0, 0.05) is 24.9 Å². The molecule has 7 heteroatoms. The number of hydrogen-bond acceptors (Lipinski definition) is 4. The molecule has 0 aliphatic carbocycles. The highest BCUT2D eigenvalue weighted by molar-refractivity contribution is 7.71. The van der Waals surface area contributed by atoms with E-state index >= 15 is 0 Å². The molecule has 0 aliphatic rings. The number of pyridine rings is 1. The fourth-order valence-electron chi connectivity index (χ4n) is 2.46. The number of ether oxygens (including phenoxy) is 1. The molecule has 0 aliphatic heterocycles. The molecule has 0 unspecified atom stereocenters. The van der Waals surface area contributed by atoms with Crippen LogP contribution in [0.25, 0.3) is 11.2 Å². The molecule has 110 valence electrons. The first-order chi connectivity index (χ1) is 10.1. The highest BCUT2D eigenvalue weighted by atomic mass is 32.1. The van der Waals surface area contributed by atoms with E-state index in [0.717, 1.165) is 28.8 Å². The summed E-state index contributed by atoms with van der Waals surface area (Å²) in [5.41, 5.74) is 3.94. The molecule has 1 N–H and O–H groups in total. The van der Waals surface area contributed by atoms with Gasteiger partial charge in [-0.25, -0.2) is 0 Å². The molecule has 0 bridgehead atoms. The van der Waals surface area contributed by atoms with Crippen LogP contribution in [0.5, 0.6) is 5.88 Å². The number of imidazole rings is 1. The maximum Gasteiger partial charge on any atom is 0.215 e. The zero-order valence-corrected chi connectivity index (χ0v) is 13.1. The Balaban J connectivity index is 2.11. The van der Waals surface area contributed by atoms with Gasteiger partial charge in [-0.15, -0.1) is 0 Å². The van der Waals surface area contributed by atoms with Crippen LogP contribution >= 0.6 is 12.2 Å². The van der Waals surface area contributed by atoms with Crippen molar-refractivity contribution in [2.75, 3.05) is 7.11 Å². The Hall–Kier alpha value is -2.15. The third-order valence-corrected chi connectivity index (χ3v) is 3.78. The van der Waals surface area contributed by atoms with E-state index in [1.165, 1.54) is 0 Å². The highest BCUT2D eigenvalue weighted by Crippen LogP contribution is 2.19. The van der Waals surface area contributed by atoms with Crippen molar-refractivity contribution in [1.29, 1.82) is 0 Å². The molecule has 0 radical (unpaired) electrons. The van der Waals surface area contributed by atoms with E-state index in [9.17, 15) is 0 Å². The number of nitrogens with one attached hydrogen (secondary N) is 1. The predicted octanol–water partition coefficient (Wildman–Crippen LogP) is 2.45. The van der Waals surface area contributed by atoms with Crippen LogP contribution in [0.2, 0.25) is 0 Å². The molecule has 0 amide bonds. The van der Waals surface area contributed by atoms with Crippen LogP contribution < -0.4 is 4.74 Å². The lowest BCUT2D eigenvalue weighted by molar-refractivity contribution is 0.399. The van der Waals surface area contributed by atoms with Gasteiger partial charge in [0.1, 0.15) is 0 Å². The van der Waals surface area contributed by atoms with E-state index in [1.54, 1.807) is 7.11 Å². The molecule has 21 heavy (non-hydrogen) atoms. The van der Waals surface area contributed by atoms with E-state index in [4.69, 9.17) is 17.0 Å². The smallest absolute Gasteiger partial charge is 0.215 e. The predicted molar refractivity (Wildman–Crippen MR) is 83.2 cm³/mol. The van der Waals surface area contributed by atoms with Crippen LogP contribution in [0.1, 0.15) is 18.2 Å². The number of nitrogens with zero attached hydrogens (tertiary/aromatic N) is 4. The Labute approximate surface area is 127 Å². The second kappa shape index (κ2) is 5.33. The SMILES string of the molecule is CCc1nn(C)cc1Cn1c(=S)[nH]c2ccc(OC)nc21. The van der Waals surface area contributed by atoms with Gasteiger partial charge in [0.2, 0.25) is 5.88 Å². The van der Waals surface area contributed by atoms with Crippen molar-refractivity contribution in [3.8, 4) is 5.88 Å². The van der Waals surface area contributed by atoms with Crippen LogP contribution in [-0.2, 0) is 20.0 Å². The number of aromatic nitrogens is 5. The molecule has 3 aromatic heterocycles. The minimum atomic E-state index is 0.576. The first-order valence-corrected chi connectivity index (χ1v) is 7.18. The Morgan fingerprint density at radius 3 is 2.90 bits per heavy atom. The van der Waals surface area contributed by atoms with Crippen molar-refractivity contribution in [2.45, 2.75) is 19.9 Å². The van der Waals surface area contributed by atoms with E-state index in [-0.39, 0.29) is 0 Å². The van der Waals surface area contributed by atoms with Gasteiger partial charge in [0.05, 0.1) is 24.9 Å². The fourth-order valence-corrected chi connectivity index (χ4v) is 2.72. The number of H-pyrrole nitrogens is 1. The molecule has 3 aromatic rings. The van der Waals surface area contributed by atoms with Crippen molar-refractivity contribution in [2.24, 2.45) is 7.05 Å². The summed E-state index contributed by atoms with van der Waals surface area (Å²) in [5, 5.41) is 4.47. The zero-order chi connectivity index (χ0) is 15.0. The third-order valence-electron chi connectivity index (χ3n) is 3.46. The number of aryl methyl sites for hydroxylation is 2. The number of aromatic amines is 1. The van der Waals surface area contributed by atoms with Crippen molar-refractivity contribution in [1.82, 2.24) is 24.3 Å². The number of rotatable bonds is 4. The normalized spacial score (nSPS) is 11.2. The summed E-state index contributed by atoms with van der Waals surface area (Å²) in [6.07, 6.45) is 2.92. The van der Waals surface area contributed by atoms with Gasteiger partial charge < -0.3 is 9.72 Å². The van der Waals surface area contributed by atoms with E-state index in [0.29, 0.717) is 17.2 Å². The summed E-state index contributed by atoms with van der Waals surface area (Å²) in [6, 6.07) is 3.75. The number of hydrogen-bond donors (Lipinski definition) is 1. The van der Waals surface area contributed by atoms with Gasteiger partial charge in [0.15, 0.2) is 10.4 Å². The van der Waals surface area contributed by atoms with Gasteiger partial charge in [0.25, 0.3) is 0 Å². The summed E-state index contributed by atoms with van der Waals surface area (Å²) in [6.45, 7) is 2.75. The molecular weight excluding hydrogens is 286 g/mol. The van der Waals surface area contributed by atoms with E-state index < -0.39 is 0 Å². The third kappa shape index (κ3) is 2.44. The van der Waals surface area contributed by atoms with Gasteiger partial charge >= 0.3 is 0 Å². The first kappa shape index (κ1) is 13.8. The Bertz CT molecular complexity index is 845. The van der Waals surface area contributed by atoms with Gasteiger partial charge in [-0.3, -0.25) is 9.25 Å². The molecular formula is C14H17N5OS. The quantitative estimate of drug-likeness (QED) is 0.752. The Morgan fingerprint density at radius 1 is 1.38 bits per heavy atom. The van der Waals surface area contributed by atoms with Crippen LogP contribution in [0, 0.1) is 4.77 Å². The summed E-state index contributed by atoms with van der Waals surface area (Å²) >= 11 is 5.42. The standard InChI is InChI=1S/C14H17N5OS/c1-4-10-9(7-18(2)17-10)8-19-13-11(15-14(19)21)5-6-12(16-13)20-3/h5-7H,4,8H2,1-3H3,(H,15,21). The Kier molecular flexibility index (Phi) is 3.50. The van der Waals surface area contributed by atoms with E-state index in [2.05, 4.69) is 22.0 Å². The second-order valence-electron chi connectivity index (χ2n) is 4.87. The number of methoxy groups -OCH3 is 1. The summed E-state index contributed by atoms with van der Waals surface area (Å²) in [7, 11) is 3.54. The molecule has 0 aromatic carbocycles. The maximum atomic E-state index is 5.42. The summed E-state index contributed by atoms with van der Waals surface area (Å²) in [4.78, 5) is 7.66. The number of fused-ring (bicyclic) bond motifs is 1. The lowest BCUT2D eigenvalue weighted by atomic mass is 10.2. The minimum Gasteiger partial charge on any atom is -0.481 e. The molecule has 3 rings (SSSR count). The molecule has 3 heterocycles. The van der Waals surface area contributed by atoms with Crippen LogP contribution in [0.3, 0.4) is 0 Å². The topological polar surface area (TPSA) is 60.7 Å². The monoisotopic (exact) mass is 303 g/mol. The average molecular weight is 303 g/mol. The summed E-state index contributed by atoms with van der Waals surface area (Å²) < 4.78 is 9.66. The molecule has 0 spiro atoms. The summed E-state index contributed by atoms with van der Waals surface area (Å²) in [5.74, 6) is 0.576.